The van der Waals surface area contributed by atoms with Crippen LogP contribution in [0.3, 0.4) is 0 Å². The molecular formula is C20H15ClFN5OS2. The van der Waals surface area contributed by atoms with Gasteiger partial charge in [0.05, 0.1) is 16.5 Å². The van der Waals surface area contributed by atoms with Gasteiger partial charge in [-0.2, -0.15) is 0 Å². The fraction of sp³-hybridized carbons (Fsp3) is 0.100. The molecule has 1 amide bonds. The highest BCUT2D eigenvalue weighted by molar-refractivity contribution is 7.99. The molecule has 4 rings (SSSR count). The third-order valence-electron chi connectivity index (χ3n) is 4.17. The van der Waals surface area contributed by atoms with Crippen LogP contribution in [0, 0.1) is 5.82 Å². The molecule has 2 aromatic heterocycles. The number of thioether (sulfide) groups is 1. The van der Waals surface area contributed by atoms with Gasteiger partial charge in [-0.25, -0.2) is 9.37 Å². The lowest BCUT2D eigenvalue weighted by Gasteiger charge is -2.05. The van der Waals surface area contributed by atoms with Crippen molar-refractivity contribution in [3.8, 4) is 22.6 Å². The van der Waals surface area contributed by atoms with Gasteiger partial charge in [-0.1, -0.05) is 35.5 Å². The molecule has 4 aromatic rings. The summed E-state index contributed by atoms with van der Waals surface area (Å²) in [5.41, 5.74) is 2.25. The fourth-order valence-corrected chi connectivity index (χ4v) is 4.35. The topological polar surface area (TPSA) is 72.7 Å². The number of halogens is 2. The first kappa shape index (κ1) is 20.5. The van der Waals surface area contributed by atoms with Crippen molar-refractivity contribution in [2.75, 3.05) is 11.1 Å². The van der Waals surface area contributed by atoms with E-state index < -0.39 is 0 Å². The van der Waals surface area contributed by atoms with Gasteiger partial charge in [-0.3, -0.25) is 4.79 Å². The monoisotopic (exact) mass is 459 g/mol. The van der Waals surface area contributed by atoms with Gasteiger partial charge in [0.15, 0.2) is 16.1 Å². The van der Waals surface area contributed by atoms with Gasteiger partial charge in [-0.05, 0) is 36.4 Å². The van der Waals surface area contributed by atoms with E-state index in [-0.39, 0.29) is 17.5 Å². The number of aromatic nitrogens is 4. The number of nitrogens with zero attached hydrogens (tertiary/aromatic N) is 4. The summed E-state index contributed by atoms with van der Waals surface area (Å²) in [5, 5.41) is 14.6. The summed E-state index contributed by atoms with van der Waals surface area (Å²) in [5.74, 6) is 0.274. The third-order valence-corrected chi connectivity index (χ3v) is 6.28. The zero-order valence-electron chi connectivity index (χ0n) is 15.7. The molecule has 0 aliphatic rings. The maximum atomic E-state index is 13.1. The van der Waals surface area contributed by atoms with E-state index in [1.165, 1.54) is 35.2 Å². The highest BCUT2D eigenvalue weighted by Gasteiger charge is 2.15. The maximum Gasteiger partial charge on any atom is 0.236 e. The number of carbonyl (C=O) groups is 1. The summed E-state index contributed by atoms with van der Waals surface area (Å²) >= 11 is 8.82. The summed E-state index contributed by atoms with van der Waals surface area (Å²) in [4.78, 5) is 16.7. The quantitative estimate of drug-likeness (QED) is 0.405. The highest BCUT2D eigenvalue weighted by Crippen LogP contribution is 2.29. The highest BCUT2D eigenvalue weighted by atomic mass is 35.5. The van der Waals surface area contributed by atoms with Crippen molar-refractivity contribution in [2.45, 2.75) is 5.16 Å². The standard InChI is InChI=1S/C20H15ClFN5OS2/c1-27-18(14-4-2-3-5-15(14)21)25-26-20(27)30-11-17(28)24-19-23-16(10-29-19)12-6-8-13(22)9-7-12/h2-10H,11H2,1H3,(H,23,24,28). The summed E-state index contributed by atoms with van der Waals surface area (Å²) in [7, 11) is 1.83. The van der Waals surface area contributed by atoms with Crippen LogP contribution in [0.25, 0.3) is 22.6 Å². The van der Waals surface area contributed by atoms with E-state index in [1.54, 1.807) is 22.8 Å². The smallest absolute Gasteiger partial charge is 0.236 e. The zero-order chi connectivity index (χ0) is 21.1. The SMILES string of the molecule is Cn1c(SCC(=O)Nc2nc(-c3ccc(F)cc3)cs2)nnc1-c1ccccc1Cl. The van der Waals surface area contributed by atoms with Crippen molar-refractivity contribution in [3.05, 3.63) is 64.8 Å². The minimum absolute atomic E-state index is 0.153. The van der Waals surface area contributed by atoms with Gasteiger partial charge >= 0.3 is 0 Å². The lowest BCUT2D eigenvalue weighted by molar-refractivity contribution is -0.113. The number of hydrogen-bond donors (Lipinski definition) is 1. The third kappa shape index (κ3) is 4.53. The fourth-order valence-electron chi connectivity index (χ4n) is 2.69. The van der Waals surface area contributed by atoms with Crippen molar-refractivity contribution in [1.29, 1.82) is 0 Å². The average Bonchev–Trinajstić information content (AvgIpc) is 3.34. The number of thiazole rings is 1. The molecule has 152 valence electrons. The normalized spacial score (nSPS) is 10.9. The van der Waals surface area contributed by atoms with E-state index in [4.69, 9.17) is 11.6 Å². The molecule has 0 saturated carbocycles. The van der Waals surface area contributed by atoms with Crippen LogP contribution in [-0.4, -0.2) is 31.4 Å². The maximum absolute atomic E-state index is 13.1. The first-order chi connectivity index (χ1) is 14.5. The predicted octanol–water partition coefficient (Wildman–Crippen LogP) is 5.13. The van der Waals surface area contributed by atoms with Crippen LogP contribution in [-0.2, 0) is 11.8 Å². The van der Waals surface area contributed by atoms with Gasteiger partial charge < -0.3 is 9.88 Å². The average molecular weight is 460 g/mol. The number of nitrogens with one attached hydrogen (secondary N) is 1. The van der Waals surface area contributed by atoms with Crippen molar-refractivity contribution in [3.63, 3.8) is 0 Å². The van der Waals surface area contributed by atoms with Crippen LogP contribution >= 0.6 is 34.7 Å². The number of hydrogen-bond acceptors (Lipinski definition) is 6. The van der Waals surface area contributed by atoms with Gasteiger partial charge in [0.2, 0.25) is 5.91 Å². The molecular weight excluding hydrogens is 445 g/mol. The number of anilines is 1. The van der Waals surface area contributed by atoms with E-state index in [0.29, 0.717) is 26.8 Å². The second-order valence-corrected chi connectivity index (χ2v) is 8.43. The van der Waals surface area contributed by atoms with Crippen LogP contribution in [0.4, 0.5) is 9.52 Å². The van der Waals surface area contributed by atoms with E-state index in [2.05, 4.69) is 20.5 Å². The lowest BCUT2D eigenvalue weighted by atomic mass is 10.2. The van der Waals surface area contributed by atoms with Crippen LogP contribution in [0.1, 0.15) is 0 Å². The van der Waals surface area contributed by atoms with Crippen LogP contribution < -0.4 is 5.32 Å². The summed E-state index contributed by atoms with van der Waals surface area (Å²) in [6, 6.07) is 13.4. The van der Waals surface area contributed by atoms with Gasteiger partial charge in [0.1, 0.15) is 5.82 Å². The molecule has 6 nitrogen and oxygen atoms in total. The van der Waals surface area contributed by atoms with E-state index in [9.17, 15) is 9.18 Å². The van der Waals surface area contributed by atoms with Crippen LogP contribution in [0.2, 0.25) is 5.02 Å². The Hall–Kier alpha value is -2.75. The molecule has 10 heteroatoms. The Morgan fingerprint density at radius 1 is 1.20 bits per heavy atom. The Kier molecular flexibility index (Phi) is 6.12. The Balaban J connectivity index is 1.38. The molecule has 30 heavy (non-hydrogen) atoms. The molecule has 2 heterocycles. The lowest BCUT2D eigenvalue weighted by Crippen LogP contribution is -2.14. The Bertz CT molecular complexity index is 1190. The van der Waals surface area contributed by atoms with Crippen molar-refractivity contribution in [2.24, 2.45) is 7.05 Å². The van der Waals surface area contributed by atoms with Crippen molar-refractivity contribution in [1.82, 2.24) is 19.7 Å². The van der Waals surface area contributed by atoms with E-state index in [0.717, 1.165) is 11.1 Å². The molecule has 0 aliphatic heterocycles. The molecule has 0 atom stereocenters. The molecule has 0 aliphatic carbocycles. The number of carbonyl (C=O) groups excluding carboxylic acids is 1. The van der Waals surface area contributed by atoms with Gasteiger partial charge in [0.25, 0.3) is 0 Å². The van der Waals surface area contributed by atoms with Crippen LogP contribution in [0.5, 0.6) is 0 Å². The second-order valence-electron chi connectivity index (χ2n) is 6.23. The molecule has 0 fully saturated rings. The number of rotatable bonds is 6. The minimum Gasteiger partial charge on any atom is -0.305 e. The Morgan fingerprint density at radius 3 is 2.73 bits per heavy atom. The Morgan fingerprint density at radius 2 is 1.97 bits per heavy atom. The summed E-state index contributed by atoms with van der Waals surface area (Å²) in [6.07, 6.45) is 0. The Labute approximate surface area is 185 Å². The first-order valence-corrected chi connectivity index (χ1v) is 11.0. The van der Waals surface area contributed by atoms with E-state index in [1.807, 2.05) is 30.6 Å². The van der Waals surface area contributed by atoms with Crippen molar-refractivity contribution >= 4 is 45.7 Å². The van der Waals surface area contributed by atoms with Gasteiger partial charge in [-0.15, -0.1) is 21.5 Å². The summed E-state index contributed by atoms with van der Waals surface area (Å²) in [6.45, 7) is 0. The number of benzene rings is 2. The molecule has 0 saturated heterocycles. The van der Waals surface area contributed by atoms with E-state index >= 15 is 0 Å². The first-order valence-electron chi connectivity index (χ1n) is 8.79. The molecule has 2 aromatic carbocycles. The zero-order valence-corrected chi connectivity index (χ0v) is 18.1. The van der Waals surface area contributed by atoms with Crippen LogP contribution in [0.15, 0.2) is 59.1 Å². The molecule has 0 unspecified atom stereocenters. The molecule has 0 spiro atoms. The molecule has 0 bridgehead atoms. The predicted molar refractivity (Wildman–Crippen MR) is 118 cm³/mol. The molecule has 0 radical (unpaired) electrons. The number of amides is 1. The van der Waals surface area contributed by atoms with Crippen molar-refractivity contribution < 1.29 is 9.18 Å². The largest absolute Gasteiger partial charge is 0.305 e. The summed E-state index contributed by atoms with van der Waals surface area (Å²) < 4.78 is 14.9. The minimum atomic E-state index is -0.305. The molecule has 1 N–H and O–H groups in total. The second kappa shape index (κ2) is 8.95. The van der Waals surface area contributed by atoms with Gasteiger partial charge in [0, 0.05) is 23.6 Å².